The molecule has 1 aliphatic carbocycles. The second-order valence-corrected chi connectivity index (χ2v) is 13.1. The molecule has 2 aromatic carbocycles. The van der Waals surface area contributed by atoms with E-state index in [1.165, 1.54) is 24.4 Å². The van der Waals surface area contributed by atoms with Gasteiger partial charge < -0.3 is 15.4 Å². The maximum absolute atomic E-state index is 17.0. The first-order chi connectivity index (χ1) is 22.5. The summed E-state index contributed by atoms with van der Waals surface area (Å²) in [5, 5.41) is 0.958. The van der Waals surface area contributed by atoms with Gasteiger partial charge in [-0.1, -0.05) is 18.4 Å². The summed E-state index contributed by atoms with van der Waals surface area (Å²) in [4.78, 5) is 17.5. The van der Waals surface area contributed by atoms with Crippen molar-refractivity contribution in [1.82, 2.24) is 19.9 Å². The number of terminal acetylenes is 1. The molecule has 0 unspecified atom stereocenters. The zero-order chi connectivity index (χ0) is 32.8. The summed E-state index contributed by atoms with van der Waals surface area (Å²) in [6.07, 6.45) is 9.84. The van der Waals surface area contributed by atoms with Gasteiger partial charge in [0.1, 0.15) is 35.6 Å². The van der Waals surface area contributed by atoms with Crippen LogP contribution in [-0.4, -0.2) is 69.2 Å². The Morgan fingerprint density at radius 2 is 2.07 bits per heavy atom. The monoisotopic (exact) mass is 634 g/mol. The smallest absolute Gasteiger partial charge is 0.319 e. The van der Waals surface area contributed by atoms with E-state index in [2.05, 4.69) is 20.9 Å². The van der Waals surface area contributed by atoms with Gasteiger partial charge in [-0.25, -0.2) is 13.2 Å². The van der Waals surface area contributed by atoms with Crippen LogP contribution in [0.15, 0.2) is 30.5 Å². The number of halogens is 4. The van der Waals surface area contributed by atoms with Crippen molar-refractivity contribution >= 4 is 44.8 Å². The minimum Gasteiger partial charge on any atom is -0.461 e. The lowest BCUT2D eigenvalue weighted by molar-refractivity contribution is 0.107. The minimum atomic E-state index is -2.39. The third-order valence-corrected chi connectivity index (χ3v) is 10.5. The highest BCUT2D eigenvalue weighted by atomic mass is 35.5. The molecular weight excluding hydrogens is 601 g/mol. The quantitative estimate of drug-likeness (QED) is 0.158. The highest BCUT2D eigenvalue weighted by molar-refractivity contribution is 6.24. The number of nitrogens with two attached hydrogens (primary N) is 1. The first kappa shape index (κ1) is 26.4. The van der Waals surface area contributed by atoms with Crippen LogP contribution < -0.4 is 15.4 Å². The molecule has 0 spiro atoms. The molecule has 4 aliphatic rings. The van der Waals surface area contributed by atoms with E-state index in [1.807, 2.05) is 4.90 Å². The van der Waals surface area contributed by atoms with E-state index in [0.29, 0.717) is 42.8 Å². The predicted molar refractivity (Wildman–Crippen MR) is 169 cm³/mol. The van der Waals surface area contributed by atoms with Crippen LogP contribution in [0.2, 0.25) is 0 Å². The van der Waals surface area contributed by atoms with Crippen molar-refractivity contribution in [2.75, 3.05) is 36.8 Å². The van der Waals surface area contributed by atoms with E-state index >= 15 is 4.39 Å². The number of anilines is 2. The number of benzene rings is 2. The highest BCUT2D eigenvalue weighted by Gasteiger charge is 2.54. The maximum Gasteiger partial charge on any atom is 0.319 e. The summed E-state index contributed by atoms with van der Waals surface area (Å²) in [6, 6.07) is 5.44. The summed E-state index contributed by atoms with van der Waals surface area (Å²) in [5.74, 6) is 1.44. The van der Waals surface area contributed by atoms with Gasteiger partial charge in [0.2, 0.25) is 0 Å². The average Bonchev–Trinajstić information content (AvgIpc) is 3.39. The van der Waals surface area contributed by atoms with Gasteiger partial charge in [0.25, 0.3) is 0 Å². The number of nitrogen functional groups attached to an aromatic ring is 1. The average molecular weight is 635 g/mol. The van der Waals surface area contributed by atoms with E-state index in [4.69, 9.17) is 31.2 Å². The van der Waals surface area contributed by atoms with Gasteiger partial charge in [-0.2, -0.15) is 9.97 Å². The molecule has 3 saturated heterocycles. The molecule has 0 radical (unpaired) electrons. The number of nitrogens with zero attached hydrogens (tertiary/aromatic N) is 5. The number of hydrogen-bond acceptors (Lipinski definition) is 7. The largest absolute Gasteiger partial charge is 0.461 e. The Bertz CT molecular complexity index is 1990. The Morgan fingerprint density at radius 1 is 1.20 bits per heavy atom. The Labute approximate surface area is 266 Å². The van der Waals surface area contributed by atoms with Gasteiger partial charge in [-0.05, 0) is 61.7 Å². The fourth-order valence-corrected chi connectivity index (χ4v) is 8.29. The Balaban J connectivity index is 1.32. The van der Waals surface area contributed by atoms with Crippen molar-refractivity contribution in [3.8, 4) is 29.6 Å². The van der Waals surface area contributed by atoms with E-state index in [1.54, 1.807) is 11.0 Å². The van der Waals surface area contributed by atoms with Crippen LogP contribution in [-0.2, 0) is 0 Å². The van der Waals surface area contributed by atoms with E-state index < -0.39 is 29.9 Å². The minimum absolute atomic E-state index is 0.0246. The highest BCUT2D eigenvalue weighted by Crippen LogP contribution is 2.49. The van der Waals surface area contributed by atoms with E-state index in [-0.39, 0.29) is 69.4 Å². The van der Waals surface area contributed by atoms with Crippen molar-refractivity contribution in [2.45, 2.75) is 61.7 Å². The molecule has 5 atom stereocenters. The summed E-state index contributed by atoms with van der Waals surface area (Å²) in [6.45, 7) is -1.11. The molecule has 45 heavy (non-hydrogen) atoms. The van der Waals surface area contributed by atoms with E-state index in [0.717, 1.165) is 19.3 Å². The van der Waals surface area contributed by atoms with E-state index in [9.17, 15) is 8.78 Å². The number of rotatable bonds is 5. The van der Waals surface area contributed by atoms with Crippen molar-refractivity contribution in [2.24, 2.45) is 5.92 Å². The fourth-order valence-electron chi connectivity index (χ4n) is 7.77. The van der Waals surface area contributed by atoms with Gasteiger partial charge in [-0.3, -0.25) is 9.88 Å². The molecular formula is C34H32ClF3N6O. The molecule has 232 valence electrons. The molecule has 5 heterocycles. The number of ether oxygens (including phenoxy) is 1. The van der Waals surface area contributed by atoms with Crippen LogP contribution in [0.5, 0.6) is 6.01 Å². The van der Waals surface area contributed by atoms with Crippen LogP contribution in [0.1, 0.15) is 46.8 Å². The molecule has 7 nitrogen and oxygen atoms in total. The van der Waals surface area contributed by atoms with Crippen LogP contribution >= 0.6 is 11.6 Å². The fraction of sp³-hybridized carbons (Fsp3) is 0.441. The molecule has 11 heteroatoms. The Kier molecular flexibility index (Phi) is 6.24. The lowest BCUT2D eigenvalue weighted by Crippen LogP contribution is -2.43. The second-order valence-electron chi connectivity index (χ2n) is 12.6. The molecule has 4 fully saturated rings. The first-order valence-corrected chi connectivity index (χ1v) is 15.8. The molecule has 0 bridgehead atoms. The maximum atomic E-state index is 17.0. The third kappa shape index (κ3) is 4.58. The van der Waals surface area contributed by atoms with Crippen LogP contribution in [0, 0.1) is 29.9 Å². The molecule has 1 saturated carbocycles. The lowest BCUT2D eigenvalue weighted by atomic mass is 9.95. The second kappa shape index (κ2) is 10.6. The Morgan fingerprint density at radius 3 is 2.91 bits per heavy atom. The molecule has 3 aliphatic heterocycles. The van der Waals surface area contributed by atoms with Gasteiger partial charge in [-0.15, -0.1) is 18.0 Å². The number of alkyl halides is 2. The summed E-state index contributed by atoms with van der Waals surface area (Å²) in [7, 11) is 0. The first-order valence-electron chi connectivity index (χ1n) is 16.4. The lowest BCUT2D eigenvalue weighted by Gasteiger charge is -2.31. The van der Waals surface area contributed by atoms with Gasteiger partial charge in [0.05, 0.1) is 30.6 Å². The standard InChI is InChI=1S/C34H32ClF3N6O/c1-2-21-25(37)8-7-18-12-20(39)13-23(26(18)21)29-28(38)30-24(15-40-29)32(44-11-4-3-6-22-27(35)31(22)44)42-33(41-30)45-17-34-9-5-10-43(34)16-19(36)14-34/h1,7-8,12-13,15,19,22,27,31H,3-6,9-11,14,16-17,39H2/t19-,22-,27-,31-,34+/m1/s1/i17D2. The topological polar surface area (TPSA) is 80.4 Å². The molecule has 0 amide bonds. The molecule has 2 aromatic heterocycles. The number of hydrogen-bond donors (Lipinski definition) is 1. The molecule has 4 aromatic rings. The number of pyridine rings is 1. The van der Waals surface area contributed by atoms with Gasteiger partial charge in [0, 0.05) is 42.3 Å². The SMILES string of the molecule is [2H]C([2H])(Oc1nc(N2CCCC[C@@H]3[C@@H](Cl)[C@@H]32)c2cnc(-c3cc(N)cc4ccc(F)c(C#C)c34)c(F)c2n1)[C@@]12CCCN1C[C@H](F)C2. The predicted octanol–water partition coefficient (Wildman–Crippen LogP) is 6.24. The van der Waals surface area contributed by atoms with Crippen molar-refractivity contribution in [1.29, 1.82) is 0 Å². The van der Waals surface area contributed by atoms with Crippen molar-refractivity contribution in [3.05, 3.63) is 47.7 Å². The Hall–Kier alpha value is -3.81. The molecule has 2 N–H and O–H groups in total. The van der Waals surface area contributed by atoms with Crippen LogP contribution in [0.25, 0.3) is 32.9 Å². The van der Waals surface area contributed by atoms with Crippen molar-refractivity contribution < 1.29 is 20.6 Å². The zero-order valence-corrected chi connectivity index (χ0v) is 25.1. The van der Waals surface area contributed by atoms with Gasteiger partial charge >= 0.3 is 6.01 Å². The molecule has 8 rings (SSSR count). The number of aromatic nitrogens is 3. The zero-order valence-electron chi connectivity index (χ0n) is 26.4. The normalized spacial score (nSPS) is 28.7. The summed E-state index contributed by atoms with van der Waals surface area (Å²) < 4.78 is 70.6. The number of fused-ring (bicyclic) bond motifs is 4. The van der Waals surface area contributed by atoms with Crippen molar-refractivity contribution in [3.63, 3.8) is 0 Å². The summed E-state index contributed by atoms with van der Waals surface area (Å²) in [5.41, 5.74) is 5.09. The summed E-state index contributed by atoms with van der Waals surface area (Å²) >= 11 is 6.72. The van der Waals surface area contributed by atoms with Crippen LogP contribution in [0.4, 0.5) is 24.7 Å². The third-order valence-electron chi connectivity index (χ3n) is 9.92. The van der Waals surface area contributed by atoms with Crippen LogP contribution in [0.3, 0.4) is 0 Å². The van der Waals surface area contributed by atoms with Gasteiger partial charge in [0.15, 0.2) is 5.82 Å².